The Morgan fingerprint density at radius 1 is 1.55 bits per heavy atom. The quantitative estimate of drug-likeness (QED) is 0.818. The maximum atomic E-state index is 14.2. The number of anilines is 1. The number of hydrogen-bond donors (Lipinski definition) is 2. The van der Waals surface area contributed by atoms with Gasteiger partial charge in [-0.25, -0.2) is 12.9 Å². The summed E-state index contributed by atoms with van der Waals surface area (Å²) in [4.78, 5) is 14.9. The molecule has 0 spiro atoms. The number of amidine groups is 1. The lowest BCUT2D eigenvalue weighted by molar-refractivity contribution is -0.105. The molecule has 1 heterocycles. The minimum absolute atomic E-state index is 0.216. The van der Waals surface area contributed by atoms with E-state index in [9.17, 15) is 13.4 Å². The van der Waals surface area contributed by atoms with Crippen molar-refractivity contribution in [1.29, 1.82) is 0 Å². The summed E-state index contributed by atoms with van der Waals surface area (Å²) < 4.78 is 27.4. The van der Waals surface area contributed by atoms with Crippen molar-refractivity contribution >= 4 is 28.9 Å². The Morgan fingerprint density at radius 3 is 2.86 bits per heavy atom. The summed E-state index contributed by atoms with van der Waals surface area (Å²) in [7, 11) is 0.316. The summed E-state index contributed by atoms with van der Waals surface area (Å²) >= 11 is 0. The number of hydrogen-bond acceptors (Lipinski definition) is 4. The molecule has 1 aliphatic heterocycles. The first kappa shape index (κ1) is 16.6. The zero-order valence-electron chi connectivity index (χ0n) is 12.7. The van der Waals surface area contributed by atoms with Gasteiger partial charge in [0.05, 0.1) is 6.04 Å². The van der Waals surface area contributed by atoms with Gasteiger partial charge >= 0.3 is 0 Å². The van der Waals surface area contributed by atoms with Gasteiger partial charge in [-0.05, 0) is 39.1 Å². The number of halogens is 1. The molecule has 120 valence electrons. The largest absolute Gasteiger partial charge is 0.386 e. The number of likely N-dealkylation sites (N-methyl/N-ethyl adjacent to an activating group) is 1. The second-order valence-electron chi connectivity index (χ2n) is 5.60. The van der Waals surface area contributed by atoms with Crippen molar-refractivity contribution in [2.75, 3.05) is 18.9 Å². The molecule has 0 radical (unpaired) electrons. The summed E-state index contributed by atoms with van der Waals surface area (Å²) in [6, 6.07) is 3.65. The molecule has 0 saturated heterocycles. The standard InChI is InChI=1S/C14H19FN4O2S/c1-14(2)13(16)18-12(7-19(3)22(14)21)10-6-9(17-8-20)4-5-11(10)15/h4-6,8,12H,7H2,1-3H3,(H2,16,18)(H,17,20). The fourth-order valence-corrected chi connectivity index (χ4v) is 3.57. The van der Waals surface area contributed by atoms with Crippen LogP contribution in [0.2, 0.25) is 0 Å². The van der Waals surface area contributed by atoms with Crippen LogP contribution in [0, 0.1) is 5.82 Å². The van der Waals surface area contributed by atoms with Crippen molar-refractivity contribution < 1.29 is 13.4 Å². The number of rotatable bonds is 3. The topological polar surface area (TPSA) is 87.8 Å². The smallest absolute Gasteiger partial charge is 0.211 e. The molecule has 3 N–H and O–H groups in total. The molecule has 0 aromatic heterocycles. The molecule has 0 saturated carbocycles. The van der Waals surface area contributed by atoms with Gasteiger partial charge in [0.1, 0.15) is 27.4 Å². The first-order chi connectivity index (χ1) is 10.3. The molecule has 1 aromatic rings. The Hall–Kier alpha value is -1.80. The molecule has 1 aromatic carbocycles. The Kier molecular flexibility index (Phi) is 4.62. The molecule has 2 unspecified atom stereocenters. The molecule has 22 heavy (non-hydrogen) atoms. The number of aliphatic imine (C=N–C) groups is 1. The van der Waals surface area contributed by atoms with Gasteiger partial charge in [-0.2, -0.15) is 0 Å². The third-order valence-electron chi connectivity index (χ3n) is 3.64. The number of carbonyl (C=O) groups excluding carboxylic acids is 1. The SMILES string of the molecule is CN1CC(c2cc(NC=O)ccc2F)N=C(N)C(C)(C)S1=O. The Bertz CT molecular complexity index is 648. The second-order valence-corrected chi connectivity index (χ2v) is 7.74. The van der Waals surface area contributed by atoms with E-state index in [1.807, 2.05) is 0 Å². The van der Waals surface area contributed by atoms with Crippen LogP contribution in [0.4, 0.5) is 10.1 Å². The van der Waals surface area contributed by atoms with E-state index in [-0.39, 0.29) is 12.4 Å². The molecule has 2 atom stereocenters. The maximum Gasteiger partial charge on any atom is 0.211 e. The second kappa shape index (κ2) is 6.13. The highest BCUT2D eigenvalue weighted by molar-refractivity contribution is 7.85. The highest BCUT2D eigenvalue weighted by Crippen LogP contribution is 2.30. The number of benzene rings is 1. The molecular weight excluding hydrogens is 307 g/mol. The predicted octanol–water partition coefficient (Wildman–Crippen LogP) is 1.18. The van der Waals surface area contributed by atoms with Crippen LogP contribution in [-0.2, 0) is 15.8 Å². The van der Waals surface area contributed by atoms with E-state index in [0.29, 0.717) is 17.7 Å². The lowest BCUT2D eigenvalue weighted by atomic mass is 10.0. The third kappa shape index (κ3) is 3.02. The summed E-state index contributed by atoms with van der Waals surface area (Å²) in [6.45, 7) is 3.74. The number of carbonyl (C=O) groups is 1. The van der Waals surface area contributed by atoms with Crippen LogP contribution < -0.4 is 11.1 Å². The average Bonchev–Trinajstić information content (AvgIpc) is 2.53. The van der Waals surface area contributed by atoms with Crippen molar-refractivity contribution in [3.8, 4) is 0 Å². The number of nitrogens with zero attached hydrogens (tertiary/aromatic N) is 2. The summed E-state index contributed by atoms with van der Waals surface area (Å²) in [6.07, 6.45) is 0.520. The predicted molar refractivity (Wildman–Crippen MR) is 85.3 cm³/mol. The Balaban J connectivity index is 2.48. The number of nitrogens with one attached hydrogen (secondary N) is 1. The lowest BCUT2D eigenvalue weighted by Gasteiger charge is -2.25. The van der Waals surface area contributed by atoms with Crippen LogP contribution in [0.15, 0.2) is 23.2 Å². The van der Waals surface area contributed by atoms with E-state index >= 15 is 0 Å². The molecule has 1 amide bonds. The van der Waals surface area contributed by atoms with E-state index in [1.165, 1.54) is 18.2 Å². The lowest BCUT2D eigenvalue weighted by Crippen LogP contribution is -2.45. The van der Waals surface area contributed by atoms with Crippen molar-refractivity contribution in [2.24, 2.45) is 10.7 Å². The van der Waals surface area contributed by atoms with Gasteiger partial charge in [0.2, 0.25) is 6.41 Å². The molecule has 6 nitrogen and oxygen atoms in total. The zero-order chi connectivity index (χ0) is 16.5. The van der Waals surface area contributed by atoms with Crippen molar-refractivity contribution in [1.82, 2.24) is 4.31 Å². The molecule has 0 bridgehead atoms. The fraction of sp³-hybridized carbons (Fsp3) is 0.429. The maximum absolute atomic E-state index is 14.2. The summed E-state index contributed by atoms with van der Waals surface area (Å²) in [5.41, 5.74) is 6.74. The van der Waals surface area contributed by atoms with Crippen LogP contribution in [0.1, 0.15) is 25.5 Å². The van der Waals surface area contributed by atoms with Crippen molar-refractivity contribution in [3.05, 3.63) is 29.6 Å². The monoisotopic (exact) mass is 326 g/mol. The molecule has 1 aliphatic rings. The Morgan fingerprint density at radius 2 is 2.23 bits per heavy atom. The van der Waals surface area contributed by atoms with Gasteiger partial charge in [0.25, 0.3) is 0 Å². The van der Waals surface area contributed by atoms with Gasteiger partial charge in [0, 0.05) is 17.8 Å². The van der Waals surface area contributed by atoms with Crippen LogP contribution in [0.5, 0.6) is 0 Å². The molecule has 0 fully saturated rings. The van der Waals surface area contributed by atoms with Crippen LogP contribution in [0.25, 0.3) is 0 Å². The normalized spacial score (nSPS) is 25.2. The average molecular weight is 326 g/mol. The van der Waals surface area contributed by atoms with Gasteiger partial charge in [0.15, 0.2) is 0 Å². The summed E-state index contributed by atoms with van der Waals surface area (Å²) in [5.74, 6) is -0.231. The van der Waals surface area contributed by atoms with Gasteiger partial charge in [-0.3, -0.25) is 9.79 Å². The molecule has 8 heteroatoms. The number of nitrogens with two attached hydrogens (primary N) is 1. The van der Waals surface area contributed by atoms with E-state index in [2.05, 4.69) is 10.3 Å². The van der Waals surface area contributed by atoms with Gasteiger partial charge in [-0.15, -0.1) is 0 Å². The molecular formula is C14H19FN4O2S. The van der Waals surface area contributed by atoms with E-state index < -0.39 is 27.6 Å². The minimum Gasteiger partial charge on any atom is -0.386 e. The number of amides is 1. The molecule has 0 aliphatic carbocycles. The third-order valence-corrected chi connectivity index (χ3v) is 5.44. The van der Waals surface area contributed by atoms with Gasteiger partial charge in [-0.1, -0.05) is 0 Å². The summed E-state index contributed by atoms with van der Waals surface area (Å²) in [5, 5.41) is 2.48. The highest BCUT2D eigenvalue weighted by atomic mass is 32.2. The first-order valence-electron chi connectivity index (χ1n) is 6.74. The van der Waals surface area contributed by atoms with Crippen molar-refractivity contribution in [3.63, 3.8) is 0 Å². The van der Waals surface area contributed by atoms with Gasteiger partial charge < -0.3 is 11.1 Å². The highest BCUT2D eigenvalue weighted by Gasteiger charge is 2.38. The van der Waals surface area contributed by atoms with Crippen molar-refractivity contribution in [2.45, 2.75) is 24.6 Å². The minimum atomic E-state index is -1.37. The van der Waals surface area contributed by atoms with Crippen LogP contribution in [-0.4, -0.2) is 39.1 Å². The molecule has 2 rings (SSSR count). The zero-order valence-corrected chi connectivity index (χ0v) is 13.5. The van der Waals surface area contributed by atoms with E-state index in [0.717, 1.165) is 0 Å². The fourth-order valence-electron chi connectivity index (χ4n) is 2.28. The first-order valence-corrected chi connectivity index (χ1v) is 7.84. The van der Waals surface area contributed by atoms with E-state index in [4.69, 9.17) is 5.73 Å². The van der Waals surface area contributed by atoms with Crippen LogP contribution >= 0.6 is 0 Å². The Labute approximate surface area is 131 Å². The van der Waals surface area contributed by atoms with Crippen LogP contribution in [0.3, 0.4) is 0 Å². The van der Waals surface area contributed by atoms with E-state index in [1.54, 1.807) is 25.2 Å².